The van der Waals surface area contributed by atoms with Crippen molar-refractivity contribution in [3.63, 3.8) is 0 Å². The quantitative estimate of drug-likeness (QED) is 0.311. The van der Waals surface area contributed by atoms with Crippen LogP contribution in [-0.4, -0.2) is 53.9 Å². The number of hydrogen-bond acceptors (Lipinski definition) is 5. The zero-order chi connectivity index (χ0) is 24.3. The SMILES string of the molecule is C=CCCCCCCC(=O)N1CCC[C@H]1C(=O)NC1(C(=O)NS(=O)(=O)C2(C)CC2)C[C@H]1C=C. The molecule has 1 heterocycles. The van der Waals surface area contributed by atoms with E-state index in [9.17, 15) is 22.8 Å². The molecular weight excluding hydrogens is 442 g/mol. The lowest BCUT2D eigenvalue weighted by Gasteiger charge is -2.27. The van der Waals surface area contributed by atoms with Gasteiger partial charge in [0.2, 0.25) is 21.8 Å². The molecule has 3 aliphatic rings. The minimum absolute atomic E-state index is 0.0461. The predicted molar refractivity (Wildman–Crippen MR) is 127 cm³/mol. The number of hydrogen-bond donors (Lipinski definition) is 2. The number of nitrogens with one attached hydrogen (secondary N) is 2. The summed E-state index contributed by atoms with van der Waals surface area (Å²) in [5.74, 6) is -1.51. The largest absolute Gasteiger partial charge is 0.339 e. The maximum atomic E-state index is 13.1. The Hall–Kier alpha value is -2.16. The second-order valence-electron chi connectivity index (χ2n) is 9.88. The van der Waals surface area contributed by atoms with Crippen LogP contribution in [0.25, 0.3) is 0 Å². The van der Waals surface area contributed by atoms with Gasteiger partial charge < -0.3 is 10.2 Å². The molecule has 0 aromatic carbocycles. The Labute approximate surface area is 197 Å². The number of allylic oxidation sites excluding steroid dienone is 1. The third kappa shape index (κ3) is 5.50. The van der Waals surface area contributed by atoms with Gasteiger partial charge in [-0.05, 0) is 58.3 Å². The Kier molecular flexibility index (Phi) is 7.71. The van der Waals surface area contributed by atoms with E-state index in [-0.39, 0.29) is 11.8 Å². The second kappa shape index (κ2) is 9.99. The first-order valence-electron chi connectivity index (χ1n) is 12.0. The molecule has 0 bridgehead atoms. The van der Waals surface area contributed by atoms with Gasteiger partial charge in [-0.1, -0.05) is 25.0 Å². The van der Waals surface area contributed by atoms with Crippen molar-refractivity contribution in [2.75, 3.05) is 6.54 Å². The van der Waals surface area contributed by atoms with Crippen LogP contribution in [0.15, 0.2) is 25.3 Å². The lowest BCUT2D eigenvalue weighted by atomic mass is 10.1. The first-order valence-corrected chi connectivity index (χ1v) is 13.5. The normalized spacial score (nSPS) is 27.5. The Morgan fingerprint density at radius 1 is 1.12 bits per heavy atom. The van der Waals surface area contributed by atoms with Crippen LogP contribution in [0, 0.1) is 5.92 Å². The summed E-state index contributed by atoms with van der Waals surface area (Å²) >= 11 is 0. The fraction of sp³-hybridized carbons (Fsp3) is 0.708. The molecule has 3 amide bonds. The highest BCUT2D eigenvalue weighted by Crippen LogP contribution is 2.47. The number of carbonyl (C=O) groups is 3. The molecule has 3 rings (SSSR count). The van der Waals surface area contributed by atoms with E-state index < -0.39 is 38.2 Å². The fourth-order valence-corrected chi connectivity index (χ4v) is 5.83. The first kappa shape index (κ1) is 25.5. The summed E-state index contributed by atoms with van der Waals surface area (Å²) < 4.78 is 26.3. The zero-order valence-electron chi connectivity index (χ0n) is 19.6. The van der Waals surface area contributed by atoms with Gasteiger partial charge in [-0.3, -0.25) is 19.1 Å². The Morgan fingerprint density at radius 3 is 2.42 bits per heavy atom. The van der Waals surface area contributed by atoms with Crippen molar-refractivity contribution < 1.29 is 22.8 Å². The smallest absolute Gasteiger partial charge is 0.259 e. The first-order chi connectivity index (χ1) is 15.6. The van der Waals surface area contributed by atoms with Gasteiger partial charge in [0.15, 0.2) is 0 Å². The van der Waals surface area contributed by atoms with E-state index in [1.807, 2.05) is 6.08 Å². The number of likely N-dealkylation sites (tertiary alicyclic amines) is 1. The van der Waals surface area contributed by atoms with Crippen LogP contribution in [0.1, 0.15) is 77.6 Å². The van der Waals surface area contributed by atoms with Gasteiger partial charge in [0.1, 0.15) is 11.6 Å². The standard InChI is InChI=1S/C24H37N3O5S/c1-4-6-7-8-9-10-13-20(28)27-16-11-12-19(27)21(29)25-24(17-18(24)5-2)22(30)26-33(31,32)23(3)14-15-23/h4-5,18-19H,1-2,6-17H2,3H3,(H,25,29)(H,26,30)/t18-,19+,24?/m1/s1. The van der Waals surface area contributed by atoms with E-state index in [2.05, 4.69) is 23.2 Å². The molecule has 2 saturated carbocycles. The number of nitrogens with zero attached hydrogens (tertiary/aromatic N) is 1. The van der Waals surface area contributed by atoms with Crippen LogP contribution in [0.3, 0.4) is 0 Å². The summed E-state index contributed by atoms with van der Waals surface area (Å²) in [7, 11) is -3.81. The van der Waals surface area contributed by atoms with Crippen LogP contribution in [0.2, 0.25) is 0 Å². The molecule has 33 heavy (non-hydrogen) atoms. The molecule has 0 aromatic rings. The summed E-state index contributed by atoms with van der Waals surface area (Å²) in [6.45, 7) is 9.54. The number of carbonyl (C=O) groups excluding carboxylic acids is 3. The molecule has 2 aliphatic carbocycles. The van der Waals surface area contributed by atoms with E-state index in [0.29, 0.717) is 38.6 Å². The summed E-state index contributed by atoms with van der Waals surface area (Å²) in [6.07, 6.45) is 11.3. The highest BCUT2D eigenvalue weighted by Gasteiger charge is 2.62. The summed E-state index contributed by atoms with van der Waals surface area (Å²) in [5.41, 5.74) is -1.32. The summed E-state index contributed by atoms with van der Waals surface area (Å²) in [5, 5.41) is 2.79. The van der Waals surface area contributed by atoms with Crippen molar-refractivity contribution in [1.82, 2.24) is 14.9 Å². The van der Waals surface area contributed by atoms with E-state index >= 15 is 0 Å². The number of sulfonamides is 1. The molecule has 3 atom stereocenters. The van der Waals surface area contributed by atoms with Crippen LogP contribution in [0.4, 0.5) is 0 Å². The Balaban J connectivity index is 1.58. The topological polar surface area (TPSA) is 113 Å². The number of rotatable bonds is 13. The van der Waals surface area contributed by atoms with E-state index in [4.69, 9.17) is 0 Å². The Bertz CT molecular complexity index is 911. The monoisotopic (exact) mass is 479 g/mol. The van der Waals surface area contributed by atoms with Crippen molar-refractivity contribution in [1.29, 1.82) is 0 Å². The van der Waals surface area contributed by atoms with E-state index in [0.717, 1.165) is 38.5 Å². The van der Waals surface area contributed by atoms with Gasteiger partial charge >= 0.3 is 0 Å². The number of unbranched alkanes of at least 4 members (excludes halogenated alkanes) is 4. The summed E-state index contributed by atoms with van der Waals surface area (Å²) in [4.78, 5) is 40.4. The highest BCUT2D eigenvalue weighted by atomic mass is 32.2. The van der Waals surface area contributed by atoms with Gasteiger partial charge in [0, 0.05) is 18.9 Å². The average molecular weight is 480 g/mol. The predicted octanol–water partition coefficient (Wildman–Crippen LogP) is 2.56. The molecule has 1 saturated heterocycles. The molecule has 0 radical (unpaired) electrons. The molecule has 8 nitrogen and oxygen atoms in total. The van der Waals surface area contributed by atoms with Crippen molar-refractivity contribution >= 4 is 27.7 Å². The third-order valence-corrected chi connectivity index (χ3v) is 9.47. The minimum Gasteiger partial charge on any atom is -0.339 e. The minimum atomic E-state index is -3.81. The lowest BCUT2D eigenvalue weighted by molar-refractivity contribution is -0.139. The van der Waals surface area contributed by atoms with Gasteiger partial charge in [0.05, 0.1) is 4.75 Å². The maximum Gasteiger partial charge on any atom is 0.259 e. The third-order valence-electron chi connectivity index (χ3n) is 7.31. The van der Waals surface area contributed by atoms with E-state index in [1.165, 1.54) is 0 Å². The van der Waals surface area contributed by atoms with Gasteiger partial charge in [-0.15, -0.1) is 13.2 Å². The van der Waals surface area contributed by atoms with Crippen LogP contribution >= 0.6 is 0 Å². The fourth-order valence-electron chi connectivity index (χ4n) is 4.52. The van der Waals surface area contributed by atoms with Crippen LogP contribution in [-0.2, 0) is 24.4 Å². The van der Waals surface area contributed by atoms with Gasteiger partial charge in [0.25, 0.3) is 5.91 Å². The van der Waals surface area contributed by atoms with Gasteiger partial charge in [-0.25, -0.2) is 8.42 Å². The van der Waals surface area contributed by atoms with Gasteiger partial charge in [-0.2, -0.15) is 0 Å². The molecule has 3 fully saturated rings. The molecule has 9 heteroatoms. The zero-order valence-corrected chi connectivity index (χ0v) is 20.4. The molecule has 184 valence electrons. The molecule has 0 aromatic heterocycles. The van der Waals surface area contributed by atoms with Crippen molar-refractivity contribution in [2.24, 2.45) is 5.92 Å². The highest BCUT2D eigenvalue weighted by molar-refractivity contribution is 7.91. The molecular formula is C24H37N3O5S. The van der Waals surface area contributed by atoms with Crippen LogP contribution < -0.4 is 10.0 Å². The number of amides is 3. The summed E-state index contributed by atoms with van der Waals surface area (Å²) in [6, 6.07) is -0.633. The Morgan fingerprint density at radius 2 is 1.82 bits per heavy atom. The second-order valence-corrected chi connectivity index (χ2v) is 12.1. The van der Waals surface area contributed by atoms with Crippen molar-refractivity contribution in [3.8, 4) is 0 Å². The average Bonchev–Trinajstić information content (AvgIpc) is 3.63. The molecule has 1 unspecified atom stereocenters. The van der Waals surface area contributed by atoms with Crippen molar-refractivity contribution in [3.05, 3.63) is 25.3 Å². The van der Waals surface area contributed by atoms with E-state index in [1.54, 1.807) is 17.9 Å². The molecule has 1 aliphatic heterocycles. The molecule has 0 spiro atoms. The molecule has 2 N–H and O–H groups in total. The maximum absolute atomic E-state index is 13.1. The lowest BCUT2D eigenvalue weighted by Crippen LogP contribution is -2.57. The van der Waals surface area contributed by atoms with Crippen molar-refractivity contribution in [2.45, 2.75) is 93.9 Å². The van der Waals surface area contributed by atoms with Crippen LogP contribution in [0.5, 0.6) is 0 Å².